The van der Waals surface area contributed by atoms with Gasteiger partial charge in [-0.05, 0) is 28.7 Å². The maximum absolute atomic E-state index is 9.12. The smallest absolute Gasteiger partial charge is 0.423 e. The largest absolute Gasteiger partial charge is 0.488 e. The van der Waals surface area contributed by atoms with Crippen LogP contribution in [0.25, 0.3) is 10.8 Å². The number of benzene rings is 2. The molecule has 70 valence electrons. The summed E-state index contributed by atoms with van der Waals surface area (Å²) in [5.41, 5.74) is 1.50. The highest BCUT2D eigenvalue weighted by Crippen LogP contribution is 2.16. The van der Waals surface area contributed by atoms with Crippen LogP contribution >= 0.6 is 0 Å². The minimum atomic E-state index is -1.39. The van der Waals surface area contributed by atoms with Crippen LogP contribution in [0, 0.1) is 6.92 Å². The molecule has 14 heavy (non-hydrogen) atoms. The normalized spacial score (nSPS) is 10.5. The fourth-order valence-electron chi connectivity index (χ4n) is 1.72. The van der Waals surface area contributed by atoms with E-state index in [1.54, 1.807) is 6.07 Å². The lowest BCUT2D eigenvalue weighted by Crippen LogP contribution is -2.32. The van der Waals surface area contributed by atoms with Crippen LogP contribution in [0.3, 0.4) is 0 Å². The van der Waals surface area contributed by atoms with Gasteiger partial charge in [-0.1, -0.05) is 36.4 Å². The van der Waals surface area contributed by atoms with Gasteiger partial charge in [0.2, 0.25) is 0 Å². The fourth-order valence-corrected chi connectivity index (χ4v) is 1.72. The van der Waals surface area contributed by atoms with Gasteiger partial charge in [-0.3, -0.25) is 0 Å². The van der Waals surface area contributed by atoms with Crippen molar-refractivity contribution >= 4 is 23.4 Å². The van der Waals surface area contributed by atoms with E-state index in [9.17, 15) is 0 Å². The third-order valence-corrected chi connectivity index (χ3v) is 2.52. The number of hydrogen-bond acceptors (Lipinski definition) is 2. The zero-order valence-corrected chi connectivity index (χ0v) is 7.94. The van der Waals surface area contributed by atoms with Crippen molar-refractivity contribution in [1.29, 1.82) is 0 Å². The Balaban J connectivity index is 2.75. The van der Waals surface area contributed by atoms with Crippen molar-refractivity contribution in [1.82, 2.24) is 0 Å². The van der Waals surface area contributed by atoms with Crippen molar-refractivity contribution in [3.8, 4) is 0 Å². The van der Waals surface area contributed by atoms with Crippen LogP contribution in [0.15, 0.2) is 36.4 Å². The second-order valence-electron chi connectivity index (χ2n) is 3.37. The van der Waals surface area contributed by atoms with E-state index >= 15 is 0 Å². The van der Waals surface area contributed by atoms with Gasteiger partial charge >= 0.3 is 7.12 Å². The second kappa shape index (κ2) is 3.44. The van der Waals surface area contributed by atoms with Crippen molar-refractivity contribution < 1.29 is 10.0 Å². The summed E-state index contributed by atoms with van der Waals surface area (Å²) in [6.45, 7) is 1.90. The summed E-state index contributed by atoms with van der Waals surface area (Å²) in [4.78, 5) is 0. The van der Waals surface area contributed by atoms with Crippen LogP contribution in [-0.2, 0) is 0 Å². The van der Waals surface area contributed by atoms with Crippen LogP contribution < -0.4 is 5.46 Å². The third-order valence-electron chi connectivity index (χ3n) is 2.52. The molecule has 2 aromatic rings. The summed E-state index contributed by atoms with van der Waals surface area (Å²) >= 11 is 0. The lowest BCUT2D eigenvalue weighted by atomic mass is 9.76. The lowest BCUT2D eigenvalue weighted by Gasteiger charge is -2.07. The van der Waals surface area contributed by atoms with Gasteiger partial charge in [0, 0.05) is 0 Å². The van der Waals surface area contributed by atoms with Gasteiger partial charge in [0.05, 0.1) is 0 Å². The maximum Gasteiger partial charge on any atom is 0.488 e. The maximum atomic E-state index is 9.12. The first kappa shape index (κ1) is 9.25. The average molecular weight is 186 g/mol. The van der Waals surface area contributed by atoms with Crippen molar-refractivity contribution in [2.24, 2.45) is 0 Å². The molecule has 0 aliphatic heterocycles. The van der Waals surface area contributed by atoms with E-state index in [0.717, 1.165) is 16.3 Å². The van der Waals surface area contributed by atoms with Crippen LogP contribution in [-0.4, -0.2) is 17.2 Å². The first-order valence-corrected chi connectivity index (χ1v) is 4.54. The van der Waals surface area contributed by atoms with E-state index in [-0.39, 0.29) is 0 Å². The SMILES string of the molecule is Cc1c(B(O)O)ccc2ccccc12. The van der Waals surface area contributed by atoms with Gasteiger partial charge in [0.1, 0.15) is 0 Å². The Labute approximate surface area is 83.0 Å². The molecule has 0 radical (unpaired) electrons. The van der Waals surface area contributed by atoms with Gasteiger partial charge in [-0.25, -0.2) is 0 Å². The molecule has 0 atom stereocenters. The fraction of sp³-hybridized carbons (Fsp3) is 0.0909. The van der Waals surface area contributed by atoms with Crippen molar-refractivity contribution in [2.75, 3.05) is 0 Å². The van der Waals surface area contributed by atoms with E-state index in [2.05, 4.69) is 0 Å². The Bertz CT molecular complexity index is 466. The van der Waals surface area contributed by atoms with Crippen molar-refractivity contribution in [2.45, 2.75) is 6.92 Å². The minimum absolute atomic E-state index is 0.573. The average Bonchev–Trinajstić information content (AvgIpc) is 2.18. The van der Waals surface area contributed by atoms with Crippen molar-refractivity contribution in [3.05, 3.63) is 42.0 Å². The Morgan fingerprint density at radius 1 is 1.00 bits per heavy atom. The minimum Gasteiger partial charge on any atom is -0.423 e. The molecule has 0 spiro atoms. The molecule has 0 heterocycles. The highest BCUT2D eigenvalue weighted by atomic mass is 16.4. The highest BCUT2D eigenvalue weighted by molar-refractivity contribution is 6.59. The molecule has 0 fully saturated rings. The molecule has 2 N–H and O–H groups in total. The molecule has 3 heteroatoms. The molecule has 0 unspecified atom stereocenters. The zero-order chi connectivity index (χ0) is 10.1. The molecule has 2 nitrogen and oxygen atoms in total. The monoisotopic (exact) mass is 186 g/mol. The molecule has 2 aromatic carbocycles. The van der Waals surface area contributed by atoms with Gasteiger partial charge in [0.25, 0.3) is 0 Å². The number of aryl methyl sites for hydroxylation is 1. The van der Waals surface area contributed by atoms with Crippen molar-refractivity contribution in [3.63, 3.8) is 0 Å². The predicted molar refractivity (Wildman–Crippen MR) is 58.5 cm³/mol. The summed E-state index contributed by atoms with van der Waals surface area (Å²) in [5.74, 6) is 0. The van der Waals surface area contributed by atoms with E-state index in [0.29, 0.717) is 5.46 Å². The molecule has 0 saturated carbocycles. The Hall–Kier alpha value is -1.32. The van der Waals surface area contributed by atoms with Gasteiger partial charge in [0.15, 0.2) is 0 Å². The molecule has 0 amide bonds. The number of hydrogen-bond donors (Lipinski definition) is 2. The summed E-state index contributed by atoms with van der Waals surface area (Å²) in [6, 6.07) is 11.6. The second-order valence-corrected chi connectivity index (χ2v) is 3.37. The summed E-state index contributed by atoms with van der Waals surface area (Å²) in [5, 5.41) is 20.4. The van der Waals surface area contributed by atoms with E-state index < -0.39 is 7.12 Å². The van der Waals surface area contributed by atoms with Gasteiger partial charge < -0.3 is 10.0 Å². The molecule has 2 rings (SSSR count). The van der Waals surface area contributed by atoms with E-state index in [4.69, 9.17) is 10.0 Å². The molecule has 0 aliphatic carbocycles. The number of fused-ring (bicyclic) bond motifs is 1. The summed E-state index contributed by atoms with van der Waals surface area (Å²) in [6.07, 6.45) is 0. The molecule has 0 saturated heterocycles. The summed E-state index contributed by atoms with van der Waals surface area (Å²) < 4.78 is 0. The van der Waals surface area contributed by atoms with Gasteiger partial charge in [-0.2, -0.15) is 0 Å². The first-order valence-electron chi connectivity index (χ1n) is 4.54. The predicted octanol–water partition coefficient (Wildman–Crippen LogP) is 0.828. The molecular weight excluding hydrogens is 175 g/mol. The standard InChI is InChI=1S/C11H11BO2/c1-8-10-5-3-2-4-9(10)6-7-11(8)12(13)14/h2-7,13-14H,1H3. The first-order chi connectivity index (χ1) is 6.70. The molecule has 0 aromatic heterocycles. The summed E-state index contributed by atoms with van der Waals surface area (Å²) in [7, 11) is -1.39. The van der Waals surface area contributed by atoms with Crippen LogP contribution in [0.2, 0.25) is 0 Å². The topological polar surface area (TPSA) is 40.5 Å². The van der Waals surface area contributed by atoms with Crippen LogP contribution in [0.4, 0.5) is 0 Å². The molecule has 0 aliphatic rings. The lowest BCUT2D eigenvalue weighted by molar-refractivity contribution is 0.425. The quantitative estimate of drug-likeness (QED) is 0.647. The van der Waals surface area contributed by atoms with Gasteiger partial charge in [-0.15, -0.1) is 0 Å². The Morgan fingerprint density at radius 2 is 1.71 bits per heavy atom. The number of rotatable bonds is 1. The third kappa shape index (κ3) is 1.41. The molecule has 0 bridgehead atoms. The Kier molecular flexibility index (Phi) is 2.27. The van der Waals surface area contributed by atoms with Crippen LogP contribution in [0.1, 0.15) is 5.56 Å². The van der Waals surface area contributed by atoms with Crippen LogP contribution in [0.5, 0.6) is 0 Å². The Morgan fingerprint density at radius 3 is 2.43 bits per heavy atom. The van der Waals surface area contributed by atoms with E-state index in [1.165, 1.54) is 0 Å². The van der Waals surface area contributed by atoms with E-state index in [1.807, 2.05) is 37.3 Å². The molecular formula is C11H11BO2. The highest BCUT2D eigenvalue weighted by Gasteiger charge is 2.14. The zero-order valence-electron chi connectivity index (χ0n) is 7.94.